The molecule has 0 unspecified atom stereocenters. The Bertz CT molecular complexity index is 438. The van der Waals surface area contributed by atoms with Crippen molar-refractivity contribution in [2.75, 3.05) is 14.1 Å². The minimum absolute atomic E-state index is 0.820. The van der Waals surface area contributed by atoms with Crippen molar-refractivity contribution >= 4 is 10.3 Å². The first-order valence-electron chi connectivity index (χ1n) is 4.94. The second-order valence-corrected chi connectivity index (χ2v) is 5.95. The fraction of sp³-hybridized carbons (Fsp3) is 0.455. The number of hydrogen-bond donors (Lipinski definition) is 0. The van der Waals surface area contributed by atoms with Crippen LogP contribution >= 0.6 is 0 Å². The van der Waals surface area contributed by atoms with Gasteiger partial charge >= 0.3 is 10.3 Å². The lowest BCUT2D eigenvalue weighted by molar-refractivity contribution is 0.107. The van der Waals surface area contributed by atoms with E-state index in [0.29, 0.717) is 0 Å². The van der Waals surface area contributed by atoms with Gasteiger partial charge in [0.05, 0.1) is 0 Å². The molecule has 0 amide bonds. The Morgan fingerprint density at radius 2 is 1.62 bits per heavy atom. The predicted molar refractivity (Wildman–Crippen MR) is 63.2 cm³/mol. The van der Waals surface area contributed by atoms with Crippen molar-refractivity contribution in [2.24, 2.45) is 0 Å². The van der Waals surface area contributed by atoms with Gasteiger partial charge in [0.1, 0.15) is 5.60 Å². The standard InChI is InChI=1S/C11H17NO3S/c1-11(2,10-8-6-5-7-9-10)15-16(13,14)12(3)4/h5-9H,1-4H3. The topological polar surface area (TPSA) is 46.6 Å². The van der Waals surface area contributed by atoms with Crippen LogP contribution in [-0.4, -0.2) is 26.8 Å². The monoisotopic (exact) mass is 243 g/mol. The molecule has 16 heavy (non-hydrogen) atoms. The molecule has 5 heteroatoms. The van der Waals surface area contributed by atoms with Crippen LogP contribution in [0.5, 0.6) is 0 Å². The third kappa shape index (κ3) is 3.04. The molecule has 0 heterocycles. The zero-order valence-corrected chi connectivity index (χ0v) is 10.8. The molecule has 0 N–H and O–H groups in total. The lowest BCUT2D eigenvalue weighted by Crippen LogP contribution is -2.33. The van der Waals surface area contributed by atoms with E-state index in [1.165, 1.54) is 14.1 Å². The van der Waals surface area contributed by atoms with Gasteiger partial charge in [0.15, 0.2) is 0 Å². The molecular formula is C11H17NO3S. The van der Waals surface area contributed by atoms with Crippen LogP contribution in [0.4, 0.5) is 0 Å². The van der Waals surface area contributed by atoms with E-state index in [1.54, 1.807) is 13.8 Å². The molecule has 90 valence electrons. The molecule has 0 aliphatic heterocycles. The van der Waals surface area contributed by atoms with Crippen molar-refractivity contribution in [2.45, 2.75) is 19.4 Å². The van der Waals surface area contributed by atoms with Crippen molar-refractivity contribution in [3.63, 3.8) is 0 Å². The number of hydrogen-bond acceptors (Lipinski definition) is 3. The summed E-state index contributed by atoms with van der Waals surface area (Å²) in [5, 5.41) is 0. The SMILES string of the molecule is CN(C)S(=O)(=O)OC(C)(C)c1ccccc1. The minimum Gasteiger partial charge on any atom is -0.247 e. The molecule has 0 spiro atoms. The fourth-order valence-corrected chi connectivity index (χ4v) is 2.00. The highest BCUT2D eigenvalue weighted by atomic mass is 32.2. The van der Waals surface area contributed by atoms with E-state index in [2.05, 4.69) is 0 Å². The second-order valence-electron chi connectivity index (χ2n) is 4.20. The van der Waals surface area contributed by atoms with Crippen LogP contribution in [0.25, 0.3) is 0 Å². The molecule has 0 bridgehead atoms. The molecular weight excluding hydrogens is 226 g/mol. The predicted octanol–water partition coefficient (Wildman–Crippen LogP) is 1.74. The van der Waals surface area contributed by atoms with Gasteiger partial charge in [-0.2, -0.15) is 12.7 Å². The Balaban J connectivity index is 2.97. The van der Waals surface area contributed by atoms with Gasteiger partial charge in [0, 0.05) is 14.1 Å². The van der Waals surface area contributed by atoms with Gasteiger partial charge in [-0.3, -0.25) is 0 Å². The summed E-state index contributed by atoms with van der Waals surface area (Å²) in [4.78, 5) is 0. The van der Waals surface area contributed by atoms with Crippen molar-refractivity contribution < 1.29 is 12.6 Å². The smallest absolute Gasteiger partial charge is 0.247 e. The first kappa shape index (κ1) is 13.2. The van der Waals surface area contributed by atoms with E-state index in [-0.39, 0.29) is 0 Å². The summed E-state index contributed by atoms with van der Waals surface area (Å²) in [5.74, 6) is 0. The van der Waals surface area contributed by atoms with Crippen LogP contribution in [0, 0.1) is 0 Å². The molecule has 1 aromatic rings. The van der Waals surface area contributed by atoms with E-state index in [9.17, 15) is 8.42 Å². The molecule has 4 nitrogen and oxygen atoms in total. The number of rotatable bonds is 4. The molecule has 0 aromatic heterocycles. The Morgan fingerprint density at radius 1 is 1.12 bits per heavy atom. The van der Waals surface area contributed by atoms with Crippen molar-refractivity contribution in [3.8, 4) is 0 Å². The van der Waals surface area contributed by atoms with E-state index in [0.717, 1.165) is 9.87 Å². The Kier molecular flexibility index (Phi) is 3.72. The van der Waals surface area contributed by atoms with Gasteiger partial charge in [-0.05, 0) is 19.4 Å². The normalized spacial score (nSPS) is 13.1. The van der Waals surface area contributed by atoms with Crippen LogP contribution in [-0.2, 0) is 20.1 Å². The molecule has 0 saturated heterocycles. The zero-order chi connectivity index (χ0) is 12.4. The van der Waals surface area contributed by atoms with E-state index < -0.39 is 15.9 Å². The van der Waals surface area contributed by atoms with E-state index in [1.807, 2.05) is 30.3 Å². The van der Waals surface area contributed by atoms with Crippen LogP contribution in [0.2, 0.25) is 0 Å². The zero-order valence-electron chi connectivity index (χ0n) is 9.97. The second kappa shape index (κ2) is 4.53. The van der Waals surface area contributed by atoms with Crippen LogP contribution in [0.3, 0.4) is 0 Å². The summed E-state index contributed by atoms with van der Waals surface area (Å²) < 4.78 is 29.5. The first-order chi connectivity index (χ1) is 7.26. The maximum absolute atomic E-state index is 11.6. The van der Waals surface area contributed by atoms with Crippen LogP contribution in [0.15, 0.2) is 30.3 Å². The van der Waals surface area contributed by atoms with Gasteiger partial charge in [-0.1, -0.05) is 30.3 Å². The summed E-state index contributed by atoms with van der Waals surface area (Å²) in [5.41, 5.74) is -0.0508. The van der Waals surface area contributed by atoms with Gasteiger partial charge in [-0.15, -0.1) is 0 Å². The maximum atomic E-state index is 11.6. The fourth-order valence-electron chi connectivity index (χ4n) is 1.23. The average molecular weight is 243 g/mol. The Morgan fingerprint density at radius 3 is 2.06 bits per heavy atom. The highest BCUT2D eigenvalue weighted by Crippen LogP contribution is 2.26. The minimum atomic E-state index is -3.67. The van der Waals surface area contributed by atoms with Gasteiger partial charge in [-0.25, -0.2) is 4.18 Å². The van der Waals surface area contributed by atoms with Gasteiger partial charge in [0.2, 0.25) is 0 Å². The molecule has 1 rings (SSSR count). The van der Waals surface area contributed by atoms with Crippen molar-refractivity contribution in [3.05, 3.63) is 35.9 Å². The average Bonchev–Trinajstić information content (AvgIpc) is 2.17. The maximum Gasteiger partial charge on any atom is 0.338 e. The number of nitrogens with zero attached hydrogens (tertiary/aromatic N) is 1. The molecule has 0 fully saturated rings. The Hall–Kier alpha value is -0.910. The summed E-state index contributed by atoms with van der Waals surface area (Å²) in [6.45, 7) is 3.45. The van der Waals surface area contributed by atoms with Crippen LogP contribution in [0.1, 0.15) is 19.4 Å². The quantitative estimate of drug-likeness (QED) is 0.809. The van der Waals surface area contributed by atoms with Gasteiger partial charge < -0.3 is 0 Å². The molecule has 0 aliphatic rings. The Labute approximate surface area is 97.1 Å². The largest absolute Gasteiger partial charge is 0.338 e. The number of benzene rings is 1. The molecule has 0 aliphatic carbocycles. The van der Waals surface area contributed by atoms with Crippen molar-refractivity contribution in [1.82, 2.24) is 4.31 Å². The molecule has 1 aromatic carbocycles. The summed E-state index contributed by atoms with van der Waals surface area (Å²) in [6, 6.07) is 9.25. The molecule has 0 saturated carbocycles. The lowest BCUT2D eigenvalue weighted by Gasteiger charge is -2.26. The third-order valence-corrected chi connectivity index (χ3v) is 3.75. The van der Waals surface area contributed by atoms with E-state index in [4.69, 9.17) is 4.18 Å². The molecule has 0 radical (unpaired) electrons. The summed E-state index contributed by atoms with van der Waals surface area (Å²) >= 11 is 0. The summed E-state index contributed by atoms with van der Waals surface area (Å²) in [6.07, 6.45) is 0. The van der Waals surface area contributed by atoms with Gasteiger partial charge in [0.25, 0.3) is 0 Å². The van der Waals surface area contributed by atoms with Crippen molar-refractivity contribution in [1.29, 1.82) is 0 Å². The van der Waals surface area contributed by atoms with E-state index >= 15 is 0 Å². The highest BCUT2D eigenvalue weighted by molar-refractivity contribution is 7.84. The first-order valence-corrected chi connectivity index (χ1v) is 6.31. The highest BCUT2D eigenvalue weighted by Gasteiger charge is 2.29. The lowest BCUT2D eigenvalue weighted by atomic mass is 9.99. The van der Waals surface area contributed by atoms with Crippen LogP contribution < -0.4 is 0 Å². The molecule has 0 atom stereocenters. The third-order valence-electron chi connectivity index (χ3n) is 2.23. The summed E-state index contributed by atoms with van der Waals surface area (Å²) in [7, 11) is -0.789.